The first-order valence-corrected chi connectivity index (χ1v) is 8.74. The van der Waals surface area contributed by atoms with Crippen molar-refractivity contribution in [3.05, 3.63) is 83.9 Å². The fraction of sp³-hybridized carbons (Fsp3) is 0.190. The average Bonchev–Trinajstić information content (AvgIpc) is 2.68. The first-order chi connectivity index (χ1) is 13.0. The molecule has 3 rings (SSSR count). The van der Waals surface area contributed by atoms with Crippen LogP contribution in [0.1, 0.15) is 29.9 Å². The third-order valence-corrected chi connectivity index (χ3v) is 4.07. The maximum absolute atomic E-state index is 13.8. The topological polar surface area (TPSA) is 58.1 Å². The molecular formula is C21H21FN4O. The Morgan fingerprint density at radius 2 is 1.78 bits per heavy atom. The van der Waals surface area contributed by atoms with Gasteiger partial charge in [-0.3, -0.25) is 4.79 Å². The van der Waals surface area contributed by atoms with Crippen LogP contribution >= 0.6 is 0 Å². The Morgan fingerprint density at radius 3 is 2.48 bits per heavy atom. The summed E-state index contributed by atoms with van der Waals surface area (Å²) < 4.78 is 13.8. The van der Waals surface area contributed by atoms with E-state index in [0.29, 0.717) is 12.5 Å². The number of para-hydroxylation sites is 1. The Balaban J connectivity index is 1.82. The van der Waals surface area contributed by atoms with Crippen LogP contribution in [0.15, 0.2) is 66.9 Å². The maximum atomic E-state index is 13.8. The lowest BCUT2D eigenvalue weighted by molar-refractivity contribution is 0.102. The minimum atomic E-state index is -0.493. The number of anilines is 2. The fourth-order valence-electron chi connectivity index (χ4n) is 2.63. The van der Waals surface area contributed by atoms with Crippen molar-refractivity contribution >= 4 is 17.5 Å². The Kier molecular flexibility index (Phi) is 5.76. The molecule has 1 heterocycles. The van der Waals surface area contributed by atoms with E-state index in [2.05, 4.69) is 15.3 Å². The quantitative estimate of drug-likeness (QED) is 0.709. The van der Waals surface area contributed by atoms with Gasteiger partial charge in [0.2, 0.25) is 5.95 Å². The van der Waals surface area contributed by atoms with Gasteiger partial charge in [0.25, 0.3) is 5.91 Å². The smallest absolute Gasteiger partial charge is 0.274 e. The van der Waals surface area contributed by atoms with Gasteiger partial charge in [0.15, 0.2) is 0 Å². The lowest BCUT2D eigenvalue weighted by atomic mass is 10.2. The molecule has 0 aliphatic carbocycles. The third-order valence-electron chi connectivity index (χ3n) is 4.07. The van der Waals surface area contributed by atoms with E-state index >= 15 is 0 Å². The van der Waals surface area contributed by atoms with Crippen molar-refractivity contribution in [3.8, 4) is 0 Å². The summed E-state index contributed by atoms with van der Waals surface area (Å²) >= 11 is 0. The molecule has 0 aliphatic rings. The van der Waals surface area contributed by atoms with Crippen LogP contribution in [0, 0.1) is 5.82 Å². The summed E-state index contributed by atoms with van der Waals surface area (Å²) in [6.07, 6.45) is 1.54. The highest BCUT2D eigenvalue weighted by atomic mass is 19.1. The molecule has 0 fully saturated rings. The van der Waals surface area contributed by atoms with Gasteiger partial charge < -0.3 is 10.2 Å². The molecule has 138 valence electrons. The number of halogens is 1. The van der Waals surface area contributed by atoms with Gasteiger partial charge in [0.1, 0.15) is 11.5 Å². The Bertz CT molecular complexity index is 915. The van der Waals surface area contributed by atoms with Crippen LogP contribution in [0.4, 0.5) is 16.0 Å². The molecule has 0 unspecified atom stereocenters. The van der Waals surface area contributed by atoms with Gasteiger partial charge in [-0.1, -0.05) is 42.5 Å². The highest BCUT2D eigenvalue weighted by Gasteiger charge is 2.17. The third kappa shape index (κ3) is 4.67. The van der Waals surface area contributed by atoms with Crippen LogP contribution < -0.4 is 10.2 Å². The molecule has 0 bridgehead atoms. The van der Waals surface area contributed by atoms with Gasteiger partial charge in [-0.25, -0.2) is 14.4 Å². The summed E-state index contributed by atoms with van der Waals surface area (Å²) in [6.45, 7) is 4.70. The van der Waals surface area contributed by atoms with Crippen LogP contribution in [0.2, 0.25) is 0 Å². The van der Waals surface area contributed by atoms with Crippen LogP contribution in [0.25, 0.3) is 0 Å². The molecule has 5 nitrogen and oxygen atoms in total. The summed E-state index contributed by atoms with van der Waals surface area (Å²) in [6, 6.07) is 17.7. The predicted octanol–water partition coefficient (Wildman–Crippen LogP) is 4.28. The van der Waals surface area contributed by atoms with E-state index in [4.69, 9.17) is 0 Å². The van der Waals surface area contributed by atoms with Crippen molar-refractivity contribution in [2.45, 2.75) is 26.4 Å². The minimum Gasteiger partial charge on any atom is -0.334 e. The Morgan fingerprint density at radius 1 is 1.07 bits per heavy atom. The first kappa shape index (κ1) is 18.5. The number of benzene rings is 2. The standard InChI is InChI=1S/C21H21FN4O/c1-15(2)26(14-16-8-4-3-5-9-16)21-23-13-12-19(25-21)20(27)24-18-11-7-6-10-17(18)22/h3-13,15H,14H2,1-2H3,(H,24,27). The Labute approximate surface area is 157 Å². The number of hydrogen-bond donors (Lipinski definition) is 1. The monoisotopic (exact) mass is 364 g/mol. The van der Waals surface area contributed by atoms with E-state index in [1.165, 1.54) is 18.2 Å². The molecule has 1 amide bonds. The molecule has 3 aromatic rings. The number of carbonyl (C=O) groups is 1. The van der Waals surface area contributed by atoms with Gasteiger partial charge in [0, 0.05) is 18.8 Å². The number of rotatable bonds is 6. The number of aromatic nitrogens is 2. The van der Waals surface area contributed by atoms with Crippen LogP contribution in [0.5, 0.6) is 0 Å². The molecule has 6 heteroatoms. The first-order valence-electron chi connectivity index (χ1n) is 8.74. The number of hydrogen-bond acceptors (Lipinski definition) is 4. The molecule has 0 atom stereocenters. The number of nitrogens with zero attached hydrogens (tertiary/aromatic N) is 3. The molecule has 0 radical (unpaired) electrons. The van der Waals surface area contributed by atoms with E-state index in [1.54, 1.807) is 18.3 Å². The fourth-order valence-corrected chi connectivity index (χ4v) is 2.63. The van der Waals surface area contributed by atoms with E-state index in [1.807, 2.05) is 49.1 Å². The number of nitrogens with one attached hydrogen (secondary N) is 1. The largest absolute Gasteiger partial charge is 0.334 e. The zero-order chi connectivity index (χ0) is 19.2. The van der Waals surface area contributed by atoms with E-state index in [0.717, 1.165) is 5.56 Å². The predicted molar refractivity (Wildman–Crippen MR) is 104 cm³/mol. The number of carbonyl (C=O) groups excluding carboxylic acids is 1. The van der Waals surface area contributed by atoms with Gasteiger partial charge in [-0.15, -0.1) is 0 Å². The second-order valence-corrected chi connectivity index (χ2v) is 6.38. The molecule has 2 aromatic carbocycles. The summed E-state index contributed by atoms with van der Waals surface area (Å²) in [4.78, 5) is 23.2. The van der Waals surface area contributed by atoms with E-state index < -0.39 is 11.7 Å². The molecule has 1 N–H and O–H groups in total. The van der Waals surface area contributed by atoms with Gasteiger partial charge >= 0.3 is 0 Å². The molecule has 0 saturated heterocycles. The number of amides is 1. The van der Waals surface area contributed by atoms with Crippen molar-refractivity contribution in [1.29, 1.82) is 0 Å². The Hall–Kier alpha value is -3.28. The molecule has 0 aliphatic heterocycles. The van der Waals surface area contributed by atoms with Gasteiger partial charge in [-0.05, 0) is 37.6 Å². The van der Waals surface area contributed by atoms with Crippen molar-refractivity contribution in [2.24, 2.45) is 0 Å². The molecule has 27 heavy (non-hydrogen) atoms. The highest BCUT2D eigenvalue weighted by Crippen LogP contribution is 2.17. The highest BCUT2D eigenvalue weighted by molar-refractivity contribution is 6.03. The molecular weight excluding hydrogens is 343 g/mol. The van der Waals surface area contributed by atoms with Crippen LogP contribution in [-0.2, 0) is 6.54 Å². The molecule has 1 aromatic heterocycles. The summed E-state index contributed by atoms with van der Waals surface area (Å²) in [5.41, 5.74) is 1.42. The van der Waals surface area contributed by atoms with Crippen LogP contribution in [-0.4, -0.2) is 21.9 Å². The lowest BCUT2D eigenvalue weighted by Gasteiger charge is -2.27. The summed E-state index contributed by atoms with van der Waals surface area (Å²) in [7, 11) is 0. The normalized spacial score (nSPS) is 10.7. The van der Waals surface area contributed by atoms with Crippen molar-refractivity contribution < 1.29 is 9.18 Å². The van der Waals surface area contributed by atoms with Crippen LogP contribution in [0.3, 0.4) is 0 Å². The van der Waals surface area contributed by atoms with Crippen molar-refractivity contribution in [2.75, 3.05) is 10.2 Å². The summed E-state index contributed by atoms with van der Waals surface area (Å²) in [5.74, 6) is -0.518. The average molecular weight is 364 g/mol. The SMILES string of the molecule is CC(C)N(Cc1ccccc1)c1nccc(C(=O)Nc2ccccc2F)n1. The van der Waals surface area contributed by atoms with E-state index in [-0.39, 0.29) is 17.4 Å². The maximum Gasteiger partial charge on any atom is 0.274 e. The second-order valence-electron chi connectivity index (χ2n) is 6.38. The molecule has 0 spiro atoms. The minimum absolute atomic E-state index is 0.118. The zero-order valence-electron chi connectivity index (χ0n) is 15.3. The van der Waals surface area contributed by atoms with Crippen molar-refractivity contribution in [3.63, 3.8) is 0 Å². The zero-order valence-corrected chi connectivity index (χ0v) is 15.3. The van der Waals surface area contributed by atoms with E-state index in [9.17, 15) is 9.18 Å². The lowest BCUT2D eigenvalue weighted by Crippen LogP contribution is -2.32. The second kappa shape index (κ2) is 8.40. The van der Waals surface area contributed by atoms with Gasteiger partial charge in [0.05, 0.1) is 5.69 Å². The summed E-state index contributed by atoms with van der Waals surface area (Å²) in [5, 5.41) is 2.55. The van der Waals surface area contributed by atoms with Gasteiger partial charge in [-0.2, -0.15) is 0 Å². The van der Waals surface area contributed by atoms with Crippen molar-refractivity contribution in [1.82, 2.24) is 9.97 Å². The molecule has 0 saturated carbocycles.